The molecular formula is C38H32ClF4N7O3. The Hall–Kier alpha value is -5.31. The van der Waals surface area contributed by atoms with Crippen molar-refractivity contribution in [1.82, 2.24) is 29.6 Å². The van der Waals surface area contributed by atoms with Crippen molar-refractivity contribution in [3.63, 3.8) is 0 Å². The predicted molar refractivity (Wildman–Crippen MR) is 191 cm³/mol. The van der Waals surface area contributed by atoms with Crippen LogP contribution in [0.5, 0.6) is 5.88 Å². The minimum Gasteiger partial charge on any atom is -0.473 e. The second-order valence-corrected chi connectivity index (χ2v) is 13.5. The van der Waals surface area contributed by atoms with E-state index in [4.69, 9.17) is 26.1 Å². The Balaban J connectivity index is 0.977. The summed E-state index contributed by atoms with van der Waals surface area (Å²) in [6.07, 6.45) is 0.496. The van der Waals surface area contributed by atoms with Crippen LogP contribution in [0.4, 0.5) is 23.2 Å². The van der Waals surface area contributed by atoms with Gasteiger partial charge in [0, 0.05) is 53.0 Å². The second kappa shape index (κ2) is 14.3. The second-order valence-electron chi connectivity index (χ2n) is 13.0. The van der Waals surface area contributed by atoms with E-state index in [9.17, 15) is 22.4 Å². The molecule has 1 saturated heterocycles. The maximum Gasteiger partial charge on any atom is 0.418 e. The van der Waals surface area contributed by atoms with Crippen LogP contribution in [0.3, 0.4) is 0 Å². The van der Waals surface area contributed by atoms with Crippen molar-refractivity contribution in [3.05, 3.63) is 118 Å². The van der Waals surface area contributed by atoms with Gasteiger partial charge in [-0.15, -0.1) is 0 Å². The Kier molecular flexibility index (Phi) is 9.35. The van der Waals surface area contributed by atoms with Gasteiger partial charge in [-0.05, 0) is 66.9 Å². The van der Waals surface area contributed by atoms with E-state index in [0.717, 1.165) is 48.1 Å². The van der Waals surface area contributed by atoms with Crippen molar-refractivity contribution in [2.45, 2.75) is 44.8 Å². The first-order valence-corrected chi connectivity index (χ1v) is 17.4. The molecule has 0 unspecified atom stereocenters. The molecule has 272 valence electrons. The van der Waals surface area contributed by atoms with Gasteiger partial charge >= 0.3 is 6.18 Å². The number of H-pyrrole nitrogens is 1. The van der Waals surface area contributed by atoms with Crippen LogP contribution >= 0.6 is 11.6 Å². The Bertz CT molecular complexity index is 2370. The molecule has 53 heavy (non-hydrogen) atoms. The first kappa shape index (κ1) is 34.8. The summed E-state index contributed by atoms with van der Waals surface area (Å²) in [5.41, 5.74) is 2.88. The molecule has 1 atom stereocenters. The minimum atomic E-state index is -4.64. The number of anilines is 1. The molecule has 5 heterocycles. The van der Waals surface area contributed by atoms with Crippen LogP contribution in [0.25, 0.3) is 27.5 Å². The molecule has 10 nitrogen and oxygen atoms in total. The minimum absolute atomic E-state index is 0.00461. The van der Waals surface area contributed by atoms with Crippen molar-refractivity contribution >= 4 is 50.7 Å². The molecule has 0 aliphatic carbocycles. The molecule has 8 rings (SSSR count). The Labute approximate surface area is 305 Å². The summed E-state index contributed by atoms with van der Waals surface area (Å²) in [7, 11) is 0. The average molecular weight is 746 g/mol. The number of amides is 1. The molecule has 0 radical (unpaired) electrons. The molecule has 2 aliphatic heterocycles. The van der Waals surface area contributed by atoms with Gasteiger partial charge in [0.05, 0.1) is 53.2 Å². The number of aromatic nitrogens is 5. The van der Waals surface area contributed by atoms with Gasteiger partial charge in [-0.2, -0.15) is 18.3 Å². The molecule has 2 N–H and O–H groups in total. The highest BCUT2D eigenvalue weighted by molar-refractivity contribution is 6.30. The summed E-state index contributed by atoms with van der Waals surface area (Å²) >= 11 is 5.86. The number of pyridine rings is 1. The molecule has 6 aromatic rings. The van der Waals surface area contributed by atoms with E-state index in [2.05, 4.69) is 36.0 Å². The lowest BCUT2D eigenvalue weighted by atomic mass is 10.0. The van der Waals surface area contributed by atoms with E-state index < -0.39 is 23.5 Å². The highest BCUT2D eigenvalue weighted by Gasteiger charge is 2.34. The van der Waals surface area contributed by atoms with E-state index in [0.29, 0.717) is 48.2 Å². The van der Waals surface area contributed by atoms with Crippen LogP contribution in [-0.2, 0) is 30.6 Å². The number of fused-ring (bicyclic) bond motifs is 2. The number of hydrogen-bond acceptors (Lipinski definition) is 7. The van der Waals surface area contributed by atoms with Gasteiger partial charge in [0.1, 0.15) is 18.2 Å². The van der Waals surface area contributed by atoms with Gasteiger partial charge in [0.25, 0.3) is 5.91 Å². The number of alkyl halides is 3. The zero-order valence-electron chi connectivity index (χ0n) is 28.1. The number of nitrogens with one attached hydrogen (secondary N) is 2. The fourth-order valence-electron chi connectivity index (χ4n) is 6.59. The van der Waals surface area contributed by atoms with Crippen molar-refractivity contribution in [2.24, 2.45) is 0 Å². The fourth-order valence-corrected chi connectivity index (χ4v) is 6.74. The quantitative estimate of drug-likeness (QED) is 0.137. The molecule has 0 bridgehead atoms. The maximum absolute atomic E-state index is 14.2. The van der Waals surface area contributed by atoms with Crippen LogP contribution in [0.2, 0.25) is 5.02 Å². The summed E-state index contributed by atoms with van der Waals surface area (Å²) in [6, 6.07) is 17.4. The van der Waals surface area contributed by atoms with Crippen molar-refractivity contribution in [3.8, 4) is 5.88 Å². The van der Waals surface area contributed by atoms with Crippen LogP contribution in [0, 0.1) is 5.82 Å². The molecule has 1 amide bonds. The third-order valence-corrected chi connectivity index (χ3v) is 9.72. The van der Waals surface area contributed by atoms with E-state index >= 15 is 0 Å². The van der Waals surface area contributed by atoms with E-state index in [-0.39, 0.29) is 34.9 Å². The zero-order chi connectivity index (χ0) is 36.7. The van der Waals surface area contributed by atoms with Gasteiger partial charge in [-0.25, -0.2) is 14.4 Å². The molecule has 1 fully saturated rings. The summed E-state index contributed by atoms with van der Waals surface area (Å²) in [5.74, 6) is 0.211. The number of nitrogens with zero attached hydrogens (tertiary/aromatic N) is 5. The molecule has 15 heteroatoms. The lowest BCUT2D eigenvalue weighted by Gasteiger charge is -2.29. The number of benzene rings is 3. The molecule has 3 aromatic carbocycles. The standard InChI is InChI=1S/C38H32ClF4N7O3/c39-26-6-4-24(30(40)16-26)21-53-35-3-1-2-31(47-35)22-8-11-49(12-9-22)20-34-46-32-15-23(5-7-33(32)50(34)19-28-10-13-52-28)37(51)45-27-14-25-18-44-48-36(25)29(17-27)38(41,42)43/h1-8,14-18,28H,9-13,19-21H2,(H,44,48)(H,45,51)/t28-/m0/s1. The number of aromatic amines is 1. The first-order valence-electron chi connectivity index (χ1n) is 17.0. The normalized spacial score (nSPS) is 16.5. The summed E-state index contributed by atoms with van der Waals surface area (Å²) < 4.78 is 69.1. The first-order chi connectivity index (χ1) is 25.6. The fraction of sp³-hybridized carbons (Fsp3) is 0.263. The highest BCUT2D eigenvalue weighted by Crippen LogP contribution is 2.36. The van der Waals surface area contributed by atoms with Gasteiger partial charge in [0.2, 0.25) is 5.88 Å². The largest absolute Gasteiger partial charge is 0.473 e. The molecule has 0 saturated carbocycles. The van der Waals surface area contributed by atoms with E-state index in [1.807, 2.05) is 18.2 Å². The van der Waals surface area contributed by atoms with E-state index in [1.54, 1.807) is 30.3 Å². The smallest absolute Gasteiger partial charge is 0.418 e. The van der Waals surface area contributed by atoms with Gasteiger partial charge in [-0.1, -0.05) is 29.8 Å². The number of ether oxygens (including phenoxy) is 2. The third-order valence-electron chi connectivity index (χ3n) is 9.48. The lowest BCUT2D eigenvalue weighted by molar-refractivity contribution is -0.136. The van der Waals surface area contributed by atoms with Gasteiger partial charge in [0.15, 0.2) is 0 Å². The SMILES string of the molecule is O=C(Nc1cc(C(F)(F)F)c2[nH]ncc2c1)c1ccc2c(c1)nc(CN1CC=C(c3cccc(OCc4ccc(Cl)cc4F)n3)CC1)n2C[C@@H]1CCO1. The Morgan fingerprint density at radius 1 is 1.09 bits per heavy atom. The summed E-state index contributed by atoms with van der Waals surface area (Å²) in [4.78, 5) is 25.2. The molecule has 3 aromatic heterocycles. The lowest BCUT2D eigenvalue weighted by Crippen LogP contribution is -2.33. The Morgan fingerprint density at radius 3 is 2.72 bits per heavy atom. The Morgan fingerprint density at radius 2 is 1.96 bits per heavy atom. The molecular weight excluding hydrogens is 714 g/mol. The van der Waals surface area contributed by atoms with E-state index in [1.165, 1.54) is 18.3 Å². The van der Waals surface area contributed by atoms with Crippen LogP contribution < -0.4 is 10.1 Å². The monoisotopic (exact) mass is 745 g/mol. The van der Waals surface area contributed by atoms with Crippen LogP contribution in [-0.4, -0.2) is 61.3 Å². The number of imidazole rings is 1. The number of rotatable bonds is 10. The summed E-state index contributed by atoms with van der Waals surface area (Å²) in [5, 5.41) is 9.27. The average Bonchev–Trinajstić information content (AvgIpc) is 3.73. The van der Waals surface area contributed by atoms with Crippen LogP contribution in [0.15, 0.2) is 79.0 Å². The topological polar surface area (TPSA) is 110 Å². The van der Waals surface area contributed by atoms with Crippen molar-refractivity contribution in [1.29, 1.82) is 0 Å². The third kappa shape index (κ3) is 7.48. The summed E-state index contributed by atoms with van der Waals surface area (Å²) in [6.45, 7) is 3.27. The number of carbonyl (C=O) groups excluding carboxylic acids is 1. The highest BCUT2D eigenvalue weighted by atomic mass is 35.5. The number of hydrogen-bond donors (Lipinski definition) is 2. The number of halogens is 5. The maximum atomic E-state index is 14.2. The zero-order valence-corrected chi connectivity index (χ0v) is 28.8. The van der Waals surface area contributed by atoms with Gasteiger partial charge < -0.3 is 19.4 Å². The number of carbonyl (C=O) groups is 1. The van der Waals surface area contributed by atoms with Crippen LogP contribution in [0.1, 0.15) is 45.8 Å². The molecule has 0 spiro atoms. The van der Waals surface area contributed by atoms with Crippen molar-refractivity contribution in [2.75, 3.05) is 25.0 Å². The van der Waals surface area contributed by atoms with Gasteiger partial charge in [-0.3, -0.25) is 14.8 Å². The predicted octanol–water partition coefficient (Wildman–Crippen LogP) is 8.03. The van der Waals surface area contributed by atoms with Crippen molar-refractivity contribution < 1.29 is 31.8 Å². The molecule has 2 aliphatic rings.